The molecule has 0 radical (unpaired) electrons. The number of carbonyl (C=O) groups is 3. The van der Waals surface area contributed by atoms with Crippen molar-refractivity contribution in [2.45, 2.75) is 18.9 Å². The van der Waals surface area contributed by atoms with Gasteiger partial charge in [-0.15, -0.1) is 0 Å². The summed E-state index contributed by atoms with van der Waals surface area (Å²) in [7, 11) is 0. The molecule has 8 heteroatoms. The molecule has 2 heterocycles. The van der Waals surface area contributed by atoms with Crippen molar-refractivity contribution in [3.8, 4) is 0 Å². The van der Waals surface area contributed by atoms with Crippen molar-refractivity contribution in [1.29, 1.82) is 0 Å². The maximum atomic E-state index is 13.2. The van der Waals surface area contributed by atoms with Gasteiger partial charge in [-0.05, 0) is 31.0 Å². The van der Waals surface area contributed by atoms with Gasteiger partial charge in [0.1, 0.15) is 0 Å². The van der Waals surface area contributed by atoms with Crippen molar-refractivity contribution in [2.24, 2.45) is 0 Å². The summed E-state index contributed by atoms with van der Waals surface area (Å²) in [5.74, 6) is -2.72. The predicted molar refractivity (Wildman–Crippen MR) is 75.5 cm³/mol. The first-order valence-corrected chi connectivity index (χ1v) is 7.31. The molecule has 0 atom stereocenters. The third-order valence-electron chi connectivity index (χ3n) is 4.16. The van der Waals surface area contributed by atoms with Gasteiger partial charge in [0.25, 0.3) is 5.91 Å². The number of carbonyl (C=O) groups excluding carboxylic acids is 3. The fraction of sp³-hybridized carbons (Fsp3) is 0.400. The lowest BCUT2D eigenvalue weighted by Crippen LogP contribution is -2.49. The molecule has 2 aliphatic rings. The molecule has 1 aromatic carbocycles. The number of hydrogen-bond acceptors (Lipinski definition) is 3. The minimum Gasteiger partial charge on any atom is -0.338 e. The van der Waals surface area contributed by atoms with Crippen LogP contribution >= 0.6 is 0 Å². The second-order valence-electron chi connectivity index (χ2n) is 5.57. The van der Waals surface area contributed by atoms with Gasteiger partial charge in [0.05, 0.1) is 6.54 Å². The van der Waals surface area contributed by atoms with Crippen LogP contribution < -0.4 is 5.32 Å². The molecule has 122 valence electrons. The molecule has 2 fully saturated rings. The number of piperidine rings is 1. The molecular formula is C15H15F2N3O3. The van der Waals surface area contributed by atoms with Crippen LogP contribution in [0.5, 0.6) is 0 Å². The van der Waals surface area contributed by atoms with Gasteiger partial charge in [-0.3, -0.25) is 14.5 Å². The van der Waals surface area contributed by atoms with E-state index in [-0.39, 0.29) is 30.0 Å². The van der Waals surface area contributed by atoms with E-state index >= 15 is 0 Å². The minimum atomic E-state index is -1.06. The second-order valence-corrected chi connectivity index (χ2v) is 5.57. The van der Waals surface area contributed by atoms with Crippen LogP contribution in [0.25, 0.3) is 0 Å². The Labute approximate surface area is 131 Å². The van der Waals surface area contributed by atoms with Gasteiger partial charge in [-0.2, -0.15) is 0 Å². The fourth-order valence-corrected chi connectivity index (χ4v) is 2.94. The first-order chi connectivity index (χ1) is 11.0. The Morgan fingerprint density at radius 3 is 2.39 bits per heavy atom. The molecule has 0 bridgehead atoms. The number of rotatable bonds is 2. The Hall–Kier alpha value is -2.51. The van der Waals surface area contributed by atoms with Crippen LogP contribution in [0.3, 0.4) is 0 Å². The lowest BCUT2D eigenvalue weighted by Gasteiger charge is -2.35. The fourth-order valence-electron chi connectivity index (χ4n) is 2.94. The van der Waals surface area contributed by atoms with Gasteiger partial charge in [-0.25, -0.2) is 13.6 Å². The molecule has 3 rings (SSSR count). The number of urea groups is 1. The Morgan fingerprint density at radius 2 is 1.83 bits per heavy atom. The van der Waals surface area contributed by atoms with Gasteiger partial charge in [-0.1, -0.05) is 0 Å². The van der Waals surface area contributed by atoms with Crippen molar-refractivity contribution < 1.29 is 23.2 Å². The first-order valence-electron chi connectivity index (χ1n) is 7.31. The zero-order chi connectivity index (χ0) is 16.6. The van der Waals surface area contributed by atoms with Crippen LogP contribution in [-0.4, -0.2) is 53.3 Å². The molecular weight excluding hydrogens is 308 g/mol. The minimum absolute atomic E-state index is 0.00678. The summed E-state index contributed by atoms with van der Waals surface area (Å²) >= 11 is 0. The number of likely N-dealkylation sites (tertiary alicyclic amines) is 1. The van der Waals surface area contributed by atoms with Crippen molar-refractivity contribution >= 4 is 17.8 Å². The van der Waals surface area contributed by atoms with Crippen molar-refractivity contribution in [3.05, 3.63) is 35.4 Å². The number of hydrogen-bond donors (Lipinski definition) is 1. The van der Waals surface area contributed by atoms with Crippen LogP contribution in [0.15, 0.2) is 18.2 Å². The quantitative estimate of drug-likeness (QED) is 0.829. The third-order valence-corrected chi connectivity index (χ3v) is 4.16. The molecule has 0 spiro atoms. The highest BCUT2D eigenvalue weighted by Crippen LogP contribution is 2.21. The summed E-state index contributed by atoms with van der Waals surface area (Å²) in [6.07, 6.45) is 0.934. The summed E-state index contributed by atoms with van der Waals surface area (Å²) < 4.78 is 26.2. The maximum Gasteiger partial charge on any atom is 0.324 e. The number of nitrogens with one attached hydrogen (secondary N) is 1. The highest BCUT2D eigenvalue weighted by molar-refractivity contribution is 6.02. The average Bonchev–Trinajstić information content (AvgIpc) is 2.88. The normalized spacial score (nSPS) is 19.2. The Morgan fingerprint density at radius 1 is 1.13 bits per heavy atom. The summed E-state index contributed by atoms with van der Waals surface area (Å²) in [6, 6.07) is 2.40. The van der Waals surface area contributed by atoms with E-state index in [1.807, 2.05) is 0 Å². The second kappa shape index (κ2) is 5.94. The molecule has 2 aliphatic heterocycles. The van der Waals surface area contributed by atoms with Gasteiger partial charge in [0.15, 0.2) is 11.6 Å². The van der Waals surface area contributed by atoms with Gasteiger partial charge >= 0.3 is 6.03 Å². The molecule has 4 amide bonds. The molecule has 0 aliphatic carbocycles. The SMILES string of the molecule is O=C(c1ccc(F)c(F)c1)N1CCC(N2C(=O)CNC2=O)CC1. The smallest absolute Gasteiger partial charge is 0.324 e. The van der Waals surface area contributed by atoms with Crippen molar-refractivity contribution in [1.82, 2.24) is 15.1 Å². The predicted octanol–water partition coefficient (Wildman–Crippen LogP) is 1.12. The molecule has 6 nitrogen and oxygen atoms in total. The van der Waals surface area contributed by atoms with E-state index in [1.165, 1.54) is 15.9 Å². The molecule has 0 unspecified atom stereocenters. The summed E-state index contributed by atoms with van der Waals surface area (Å²) in [5.41, 5.74) is 0.0809. The molecule has 0 saturated carbocycles. The lowest BCUT2D eigenvalue weighted by atomic mass is 10.0. The van der Waals surface area contributed by atoms with Gasteiger partial charge < -0.3 is 10.2 Å². The van der Waals surface area contributed by atoms with E-state index in [9.17, 15) is 23.2 Å². The topological polar surface area (TPSA) is 69.7 Å². The first kappa shape index (κ1) is 15.4. The zero-order valence-electron chi connectivity index (χ0n) is 12.2. The average molecular weight is 323 g/mol. The Bertz CT molecular complexity index is 656. The standard InChI is InChI=1S/C15H15F2N3O3/c16-11-2-1-9(7-12(11)17)14(22)19-5-3-10(4-6-19)20-13(21)8-18-15(20)23/h1-2,7,10H,3-6,8H2,(H,18,23). The molecule has 1 aromatic rings. The maximum absolute atomic E-state index is 13.2. The van der Waals surface area contributed by atoms with E-state index in [1.54, 1.807) is 0 Å². The Balaban J connectivity index is 1.64. The molecule has 1 N–H and O–H groups in total. The molecule has 2 saturated heterocycles. The van der Waals surface area contributed by atoms with Crippen molar-refractivity contribution in [3.63, 3.8) is 0 Å². The van der Waals surface area contributed by atoms with E-state index in [0.717, 1.165) is 12.1 Å². The summed E-state index contributed by atoms with van der Waals surface area (Å²) in [5, 5.41) is 2.47. The van der Waals surface area contributed by atoms with Crippen LogP contribution in [0.4, 0.5) is 13.6 Å². The van der Waals surface area contributed by atoms with Crippen LogP contribution in [-0.2, 0) is 4.79 Å². The van der Waals surface area contributed by atoms with Gasteiger partial charge in [0, 0.05) is 24.7 Å². The van der Waals surface area contributed by atoms with Crippen LogP contribution in [0.2, 0.25) is 0 Å². The lowest BCUT2D eigenvalue weighted by molar-refractivity contribution is -0.127. The number of imide groups is 1. The largest absolute Gasteiger partial charge is 0.338 e. The van der Waals surface area contributed by atoms with E-state index in [0.29, 0.717) is 25.9 Å². The van der Waals surface area contributed by atoms with Gasteiger partial charge in [0.2, 0.25) is 5.91 Å². The van der Waals surface area contributed by atoms with E-state index < -0.39 is 17.7 Å². The highest BCUT2D eigenvalue weighted by atomic mass is 19.2. The Kier molecular flexibility index (Phi) is 3.97. The molecule has 23 heavy (non-hydrogen) atoms. The van der Waals surface area contributed by atoms with Crippen molar-refractivity contribution in [2.75, 3.05) is 19.6 Å². The number of benzene rings is 1. The third kappa shape index (κ3) is 2.88. The number of nitrogens with zero attached hydrogens (tertiary/aromatic N) is 2. The van der Waals surface area contributed by atoms with Crippen LogP contribution in [0.1, 0.15) is 23.2 Å². The van der Waals surface area contributed by atoms with Crippen LogP contribution in [0, 0.1) is 11.6 Å². The molecule has 0 aromatic heterocycles. The number of halogens is 2. The summed E-state index contributed by atoms with van der Waals surface area (Å²) in [6.45, 7) is 0.700. The highest BCUT2D eigenvalue weighted by Gasteiger charge is 2.37. The number of amides is 4. The summed E-state index contributed by atoms with van der Waals surface area (Å²) in [4.78, 5) is 38.3. The van der Waals surface area contributed by atoms with E-state index in [4.69, 9.17) is 0 Å². The monoisotopic (exact) mass is 323 g/mol. The van der Waals surface area contributed by atoms with E-state index in [2.05, 4.69) is 5.32 Å². The zero-order valence-corrected chi connectivity index (χ0v) is 12.2.